The molecule has 1 heterocycles. The van der Waals surface area contributed by atoms with Crippen LogP contribution >= 0.6 is 0 Å². The average Bonchev–Trinajstić information content (AvgIpc) is 3.24. The Balaban J connectivity index is 1.39. The van der Waals surface area contributed by atoms with Gasteiger partial charge >= 0.3 is 0 Å². The molecule has 0 radical (unpaired) electrons. The van der Waals surface area contributed by atoms with E-state index in [1.54, 1.807) is 0 Å². The van der Waals surface area contributed by atoms with Crippen LogP contribution in [0.2, 0.25) is 0 Å². The Morgan fingerprint density at radius 3 is 2.15 bits per heavy atom. The molecule has 3 heteroatoms. The summed E-state index contributed by atoms with van der Waals surface area (Å²) in [7, 11) is 0. The van der Waals surface area contributed by atoms with Crippen LogP contribution in [0, 0.1) is 5.82 Å². The number of benzene rings is 4. The molecule has 0 bridgehead atoms. The molecule has 1 aromatic heterocycles. The predicted molar refractivity (Wildman–Crippen MR) is 136 cm³/mol. The number of halogens is 1. The minimum absolute atomic E-state index is 0.223. The van der Waals surface area contributed by atoms with Crippen LogP contribution in [0.15, 0.2) is 115 Å². The number of fused-ring (bicyclic) bond motifs is 3. The third-order valence-corrected chi connectivity index (χ3v) is 6.39. The van der Waals surface area contributed by atoms with Crippen molar-refractivity contribution in [3.63, 3.8) is 0 Å². The minimum atomic E-state index is -0.223. The summed E-state index contributed by atoms with van der Waals surface area (Å²) < 4.78 is 13.6. The summed E-state index contributed by atoms with van der Waals surface area (Å²) in [5.41, 5.74) is 8.16. The van der Waals surface area contributed by atoms with Gasteiger partial charge in [-0.1, -0.05) is 48.5 Å². The number of hydrogen-bond acceptors (Lipinski definition) is 1. The van der Waals surface area contributed by atoms with E-state index in [1.807, 2.05) is 30.3 Å². The summed E-state index contributed by atoms with van der Waals surface area (Å²) in [6, 6.07) is 32.1. The van der Waals surface area contributed by atoms with E-state index in [1.165, 1.54) is 50.8 Å². The van der Waals surface area contributed by atoms with Crippen molar-refractivity contribution in [2.45, 2.75) is 12.8 Å². The molecule has 160 valence electrons. The quantitative estimate of drug-likeness (QED) is 0.303. The van der Waals surface area contributed by atoms with Gasteiger partial charge in [-0.25, -0.2) is 4.39 Å². The molecule has 6 rings (SSSR count). The van der Waals surface area contributed by atoms with Crippen LogP contribution in [0.4, 0.5) is 15.8 Å². The molecule has 1 aliphatic rings. The Morgan fingerprint density at radius 2 is 1.36 bits per heavy atom. The molecule has 1 aliphatic carbocycles. The van der Waals surface area contributed by atoms with Crippen molar-refractivity contribution in [3.8, 4) is 0 Å². The van der Waals surface area contributed by atoms with Crippen molar-refractivity contribution < 1.29 is 4.39 Å². The lowest BCUT2D eigenvalue weighted by Gasteiger charge is -2.30. The van der Waals surface area contributed by atoms with E-state index in [0.717, 1.165) is 24.2 Å². The maximum Gasteiger partial charge on any atom is 0.123 e. The zero-order valence-electron chi connectivity index (χ0n) is 18.1. The molecule has 1 N–H and O–H groups in total. The largest absolute Gasteiger partial charge is 0.355 e. The lowest BCUT2D eigenvalue weighted by Crippen LogP contribution is -2.17. The monoisotopic (exact) mass is 430 g/mol. The molecule has 0 aliphatic heterocycles. The summed E-state index contributed by atoms with van der Waals surface area (Å²) in [4.78, 5) is 5.72. The van der Waals surface area contributed by atoms with Gasteiger partial charge in [0.25, 0.3) is 0 Å². The van der Waals surface area contributed by atoms with Crippen LogP contribution in [-0.2, 0) is 0 Å². The number of aromatic amines is 1. The maximum atomic E-state index is 13.6. The number of allylic oxidation sites excluding steroid dienone is 4. The number of nitrogens with zero attached hydrogens (tertiary/aromatic N) is 1. The molecule has 0 unspecified atom stereocenters. The molecule has 2 nitrogen and oxygen atoms in total. The first kappa shape index (κ1) is 19.6. The molecule has 33 heavy (non-hydrogen) atoms. The van der Waals surface area contributed by atoms with Gasteiger partial charge in [-0.15, -0.1) is 0 Å². The van der Waals surface area contributed by atoms with Crippen molar-refractivity contribution in [1.29, 1.82) is 0 Å². The van der Waals surface area contributed by atoms with Gasteiger partial charge in [-0.05, 0) is 84.7 Å². The second kappa shape index (κ2) is 8.10. The van der Waals surface area contributed by atoms with Gasteiger partial charge in [0.15, 0.2) is 0 Å². The van der Waals surface area contributed by atoms with E-state index in [-0.39, 0.29) is 5.82 Å². The van der Waals surface area contributed by atoms with Gasteiger partial charge in [0.1, 0.15) is 5.82 Å². The van der Waals surface area contributed by atoms with Crippen LogP contribution in [0.1, 0.15) is 18.4 Å². The number of nitrogens with one attached hydrogen (secondary N) is 1. The molecule has 0 amide bonds. The Morgan fingerprint density at radius 1 is 0.636 bits per heavy atom. The number of H-pyrrole nitrogens is 1. The molecule has 0 spiro atoms. The average molecular weight is 431 g/mol. The topological polar surface area (TPSA) is 19.0 Å². The normalized spacial score (nSPS) is 13.7. The third-order valence-electron chi connectivity index (χ3n) is 6.39. The van der Waals surface area contributed by atoms with Crippen LogP contribution in [-0.4, -0.2) is 4.98 Å². The van der Waals surface area contributed by atoms with E-state index < -0.39 is 0 Å². The fourth-order valence-corrected chi connectivity index (χ4v) is 4.75. The molecule has 0 saturated heterocycles. The molecule has 0 atom stereocenters. The first-order valence-corrected chi connectivity index (χ1v) is 11.3. The SMILES string of the molecule is Fc1ccc(N(C2=CC=C(c3ccc4[nH]c5ccccc5c4c3)CC2)c2ccccc2)cc1. The van der Waals surface area contributed by atoms with Crippen LogP contribution in [0.3, 0.4) is 0 Å². The van der Waals surface area contributed by atoms with Gasteiger partial charge < -0.3 is 9.88 Å². The highest BCUT2D eigenvalue weighted by Crippen LogP contribution is 2.37. The second-order valence-electron chi connectivity index (χ2n) is 8.43. The van der Waals surface area contributed by atoms with E-state index >= 15 is 0 Å². The van der Waals surface area contributed by atoms with Crippen molar-refractivity contribution >= 4 is 38.8 Å². The summed E-state index contributed by atoms with van der Waals surface area (Å²) in [6.45, 7) is 0. The lowest BCUT2D eigenvalue weighted by molar-refractivity contribution is 0.628. The highest BCUT2D eigenvalue weighted by Gasteiger charge is 2.18. The molecular formula is C30H23FN2. The number of aromatic nitrogens is 1. The summed E-state index contributed by atoms with van der Waals surface area (Å²) in [6.07, 6.45) is 6.29. The van der Waals surface area contributed by atoms with Crippen LogP contribution in [0.5, 0.6) is 0 Å². The Bertz CT molecular complexity index is 1510. The Labute approximate surface area is 192 Å². The van der Waals surface area contributed by atoms with Gasteiger partial charge in [0, 0.05) is 38.9 Å². The molecule has 4 aromatic carbocycles. The third kappa shape index (κ3) is 3.62. The standard InChI is InChI=1S/C30H23FN2/c31-23-13-17-26(18-14-23)33(24-6-2-1-3-7-24)25-15-10-21(11-16-25)22-12-19-30-28(20-22)27-8-4-5-9-29(27)32-30/h1-10,12-15,17-20,32H,11,16H2. The number of hydrogen-bond donors (Lipinski definition) is 1. The zero-order chi connectivity index (χ0) is 22.2. The van der Waals surface area contributed by atoms with E-state index in [2.05, 4.69) is 76.6 Å². The zero-order valence-corrected chi connectivity index (χ0v) is 18.1. The maximum absolute atomic E-state index is 13.6. The molecule has 0 saturated carbocycles. The molecular weight excluding hydrogens is 407 g/mol. The van der Waals surface area contributed by atoms with Crippen molar-refractivity contribution in [1.82, 2.24) is 4.98 Å². The minimum Gasteiger partial charge on any atom is -0.355 e. The Hall–Kier alpha value is -4.11. The smallest absolute Gasteiger partial charge is 0.123 e. The Kier molecular flexibility index (Phi) is 4.80. The first-order valence-electron chi connectivity index (χ1n) is 11.3. The first-order chi connectivity index (χ1) is 16.3. The number of rotatable bonds is 4. The van der Waals surface area contributed by atoms with Gasteiger partial charge in [-0.2, -0.15) is 0 Å². The van der Waals surface area contributed by atoms with E-state index in [9.17, 15) is 4.39 Å². The fraction of sp³-hybridized carbons (Fsp3) is 0.0667. The van der Waals surface area contributed by atoms with E-state index in [0.29, 0.717) is 0 Å². The lowest BCUT2D eigenvalue weighted by atomic mass is 9.94. The second-order valence-corrected chi connectivity index (χ2v) is 8.43. The highest BCUT2D eigenvalue weighted by molar-refractivity contribution is 6.08. The van der Waals surface area contributed by atoms with Crippen molar-refractivity contribution in [2.24, 2.45) is 0 Å². The predicted octanol–water partition coefficient (Wildman–Crippen LogP) is 8.36. The van der Waals surface area contributed by atoms with E-state index in [4.69, 9.17) is 0 Å². The van der Waals surface area contributed by atoms with Gasteiger partial charge in [0.05, 0.1) is 0 Å². The fourth-order valence-electron chi connectivity index (χ4n) is 4.75. The molecule has 5 aromatic rings. The van der Waals surface area contributed by atoms with Crippen molar-refractivity contribution in [2.75, 3.05) is 4.90 Å². The van der Waals surface area contributed by atoms with Crippen LogP contribution in [0.25, 0.3) is 27.4 Å². The van der Waals surface area contributed by atoms with Gasteiger partial charge in [-0.3, -0.25) is 0 Å². The van der Waals surface area contributed by atoms with Gasteiger partial charge in [0.2, 0.25) is 0 Å². The highest BCUT2D eigenvalue weighted by atomic mass is 19.1. The summed E-state index contributed by atoms with van der Waals surface area (Å²) >= 11 is 0. The molecule has 0 fully saturated rings. The summed E-state index contributed by atoms with van der Waals surface area (Å²) in [5.74, 6) is -0.223. The summed E-state index contributed by atoms with van der Waals surface area (Å²) in [5, 5.41) is 2.52. The van der Waals surface area contributed by atoms with Crippen LogP contribution < -0.4 is 4.90 Å². The number of para-hydroxylation sites is 2. The number of anilines is 2. The van der Waals surface area contributed by atoms with Crippen molar-refractivity contribution in [3.05, 3.63) is 126 Å².